The number of aryl methyl sites for hydroxylation is 1. The van der Waals surface area contributed by atoms with Crippen molar-refractivity contribution in [3.63, 3.8) is 0 Å². The molecule has 0 radical (unpaired) electrons. The average molecular weight is 512 g/mol. The zero-order chi connectivity index (χ0) is 24.9. The van der Waals surface area contributed by atoms with E-state index in [9.17, 15) is 13.2 Å². The number of nitrogens with one attached hydrogen (secondary N) is 1. The third-order valence-electron chi connectivity index (χ3n) is 6.76. The van der Waals surface area contributed by atoms with Crippen molar-refractivity contribution in [3.8, 4) is 11.3 Å². The van der Waals surface area contributed by atoms with Crippen molar-refractivity contribution in [3.05, 3.63) is 53.5 Å². The molecule has 1 aromatic carbocycles. The topological polar surface area (TPSA) is 79.4 Å². The van der Waals surface area contributed by atoms with Gasteiger partial charge in [0.25, 0.3) is 5.92 Å². The Kier molecular flexibility index (Phi) is 7.39. The zero-order valence-corrected chi connectivity index (χ0v) is 20.1. The fraction of sp³-hybridized carbons (Fsp3) is 0.520. The predicted octanol–water partition coefficient (Wildman–Crippen LogP) is 4.33. The lowest BCUT2D eigenvalue weighted by Crippen LogP contribution is -2.53. The van der Waals surface area contributed by atoms with E-state index in [4.69, 9.17) is 0 Å². The lowest BCUT2D eigenvalue weighted by molar-refractivity contribution is -0.138. The number of likely N-dealkylation sites (tertiary alicyclic amines) is 1. The molecular weight excluding hydrogens is 479 g/mol. The highest BCUT2D eigenvalue weighted by molar-refractivity contribution is 7.89. The van der Waals surface area contributed by atoms with E-state index >= 15 is 13.2 Å². The van der Waals surface area contributed by atoms with Crippen LogP contribution in [0.2, 0.25) is 0 Å². The van der Waals surface area contributed by atoms with Gasteiger partial charge in [0.15, 0.2) is 0 Å². The van der Waals surface area contributed by atoms with Crippen LogP contribution >= 0.6 is 0 Å². The van der Waals surface area contributed by atoms with E-state index in [1.165, 1.54) is 13.0 Å². The molecule has 1 saturated carbocycles. The highest BCUT2D eigenvalue weighted by atomic mass is 32.2. The Bertz CT molecular complexity index is 1220. The molecule has 192 valence electrons. The highest BCUT2D eigenvalue weighted by Crippen LogP contribution is 2.49. The summed E-state index contributed by atoms with van der Waals surface area (Å²) in [6.45, 7) is 3.91. The summed E-state index contributed by atoms with van der Waals surface area (Å²) in [5.74, 6) is -4.97. The normalized spacial score (nSPS) is 22.5. The number of aromatic nitrogens is 1. The summed E-state index contributed by atoms with van der Waals surface area (Å²) in [6, 6.07) is 6.70. The van der Waals surface area contributed by atoms with Gasteiger partial charge in [-0.15, -0.1) is 0 Å². The summed E-state index contributed by atoms with van der Waals surface area (Å²) >= 11 is 0. The lowest BCUT2D eigenvalue weighted by Gasteiger charge is -2.30. The van der Waals surface area contributed by atoms with Crippen molar-refractivity contribution in [2.75, 3.05) is 12.3 Å². The standard InChI is InChI=1S/C24H28F3N3O3S.CH4/c1-4-34(32,33)29-21-19(30(14-24(21,26)27)22(31)23(3)11-12-23)13-16-8-6-9-17(20(16)25)18-10-5-7-15(2)28-18;/h5-10,19,21,29H,4,11-14H2,1-3H3;1H4/t19-,21+;/m0./s1. The van der Waals surface area contributed by atoms with E-state index in [0.29, 0.717) is 24.2 Å². The van der Waals surface area contributed by atoms with Gasteiger partial charge in [0, 0.05) is 16.7 Å². The molecule has 1 amide bonds. The molecular formula is C25H32F3N3O3S. The molecule has 1 aromatic heterocycles. The first-order chi connectivity index (χ1) is 15.9. The number of carbonyl (C=O) groups is 1. The Balaban J connectivity index is 0.00000342. The van der Waals surface area contributed by atoms with E-state index in [2.05, 4.69) is 9.71 Å². The quantitative estimate of drug-likeness (QED) is 0.600. The number of nitrogens with zero attached hydrogens (tertiary/aromatic N) is 2. The molecule has 35 heavy (non-hydrogen) atoms. The fourth-order valence-corrected chi connectivity index (χ4v) is 5.28. The van der Waals surface area contributed by atoms with Gasteiger partial charge in [0.05, 0.1) is 24.0 Å². The molecule has 2 heterocycles. The molecule has 1 aliphatic carbocycles. The Morgan fingerprint density at radius 1 is 1.20 bits per heavy atom. The number of carbonyl (C=O) groups excluding carboxylic acids is 1. The Morgan fingerprint density at radius 2 is 1.86 bits per heavy atom. The van der Waals surface area contributed by atoms with Crippen LogP contribution in [0.1, 0.15) is 45.4 Å². The van der Waals surface area contributed by atoms with E-state index in [0.717, 1.165) is 4.90 Å². The van der Waals surface area contributed by atoms with Crippen LogP contribution in [-0.4, -0.2) is 54.5 Å². The summed E-state index contributed by atoms with van der Waals surface area (Å²) in [5, 5.41) is 0. The van der Waals surface area contributed by atoms with E-state index < -0.39 is 51.7 Å². The van der Waals surface area contributed by atoms with Crippen LogP contribution in [0.5, 0.6) is 0 Å². The number of sulfonamides is 1. The Hall–Kier alpha value is -2.46. The van der Waals surface area contributed by atoms with Gasteiger partial charge in [-0.25, -0.2) is 26.3 Å². The second kappa shape index (κ2) is 9.54. The molecule has 1 aliphatic heterocycles. The summed E-state index contributed by atoms with van der Waals surface area (Å²) < 4.78 is 72.4. The van der Waals surface area contributed by atoms with Gasteiger partial charge in [-0.2, -0.15) is 0 Å². The van der Waals surface area contributed by atoms with E-state index in [1.807, 2.05) is 0 Å². The first-order valence-corrected chi connectivity index (χ1v) is 12.9. The first kappa shape index (κ1) is 27.1. The maximum Gasteiger partial charge on any atom is 0.283 e. The van der Waals surface area contributed by atoms with Crippen LogP contribution in [0.3, 0.4) is 0 Å². The largest absolute Gasteiger partial charge is 0.331 e. The number of pyridine rings is 1. The van der Waals surface area contributed by atoms with Gasteiger partial charge in [-0.1, -0.05) is 32.5 Å². The second-order valence-corrected chi connectivity index (χ2v) is 11.5. The zero-order valence-electron chi connectivity index (χ0n) is 19.3. The van der Waals surface area contributed by atoms with Crippen LogP contribution in [0.15, 0.2) is 36.4 Å². The predicted molar refractivity (Wildman–Crippen MR) is 129 cm³/mol. The Morgan fingerprint density at radius 3 is 2.46 bits per heavy atom. The van der Waals surface area contributed by atoms with Gasteiger partial charge in [-0.3, -0.25) is 9.78 Å². The van der Waals surface area contributed by atoms with Gasteiger partial charge in [0.1, 0.15) is 11.9 Å². The third kappa shape index (κ3) is 5.38. The second-order valence-electron chi connectivity index (χ2n) is 9.47. The number of benzene rings is 1. The van der Waals surface area contributed by atoms with Crippen molar-refractivity contribution >= 4 is 15.9 Å². The summed E-state index contributed by atoms with van der Waals surface area (Å²) in [5.41, 5.74) is 0.684. The molecule has 6 nitrogen and oxygen atoms in total. The number of halogens is 3. The molecule has 1 saturated heterocycles. The van der Waals surface area contributed by atoms with Gasteiger partial charge in [-0.05, 0) is 56.9 Å². The minimum atomic E-state index is -4.01. The van der Waals surface area contributed by atoms with E-state index in [-0.39, 0.29) is 30.7 Å². The average Bonchev–Trinajstić information content (AvgIpc) is 3.48. The van der Waals surface area contributed by atoms with Crippen LogP contribution in [0, 0.1) is 18.2 Å². The minimum absolute atomic E-state index is 0. The SMILES string of the molecule is C.CCS(=O)(=O)N[C@@H]1[C@H](Cc2cccc(-c3cccc(C)n3)c2F)N(C(=O)C2(C)CC2)CC1(F)F. The third-order valence-corrected chi connectivity index (χ3v) is 8.13. The first-order valence-electron chi connectivity index (χ1n) is 11.3. The van der Waals surface area contributed by atoms with Crippen molar-refractivity contribution in [2.24, 2.45) is 5.41 Å². The maximum absolute atomic E-state index is 15.6. The van der Waals surface area contributed by atoms with Gasteiger partial charge < -0.3 is 4.90 Å². The molecule has 10 heteroatoms. The van der Waals surface area contributed by atoms with Crippen molar-refractivity contribution in [2.45, 2.75) is 65.5 Å². The van der Waals surface area contributed by atoms with Gasteiger partial charge >= 0.3 is 0 Å². The van der Waals surface area contributed by atoms with Crippen molar-refractivity contribution < 1.29 is 26.4 Å². The number of hydrogen-bond donors (Lipinski definition) is 1. The number of amides is 1. The summed E-state index contributed by atoms with van der Waals surface area (Å²) in [4.78, 5) is 18.5. The monoisotopic (exact) mass is 511 g/mol. The van der Waals surface area contributed by atoms with Crippen molar-refractivity contribution in [1.82, 2.24) is 14.6 Å². The molecule has 4 rings (SSSR count). The van der Waals surface area contributed by atoms with Gasteiger partial charge in [0.2, 0.25) is 15.9 Å². The van der Waals surface area contributed by atoms with E-state index in [1.54, 1.807) is 44.2 Å². The van der Waals surface area contributed by atoms with Crippen LogP contribution < -0.4 is 4.72 Å². The molecule has 2 aromatic rings. The Labute approximate surface area is 205 Å². The molecule has 0 spiro atoms. The molecule has 1 N–H and O–H groups in total. The van der Waals surface area contributed by atoms with Crippen LogP contribution in [-0.2, 0) is 21.2 Å². The summed E-state index contributed by atoms with van der Waals surface area (Å²) in [7, 11) is -4.01. The number of rotatable bonds is 7. The fourth-order valence-electron chi connectivity index (χ4n) is 4.40. The molecule has 2 atom stereocenters. The minimum Gasteiger partial charge on any atom is -0.331 e. The van der Waals surface area contributed by atoms with Crippen LogP contribution in [0.25, 0.3) is 11.3 Å². The lowest BCUT2D eigenvalue weighted by atomic mass is 9.95. The molecule has 2 aliphatic rings. The molecule has 0 bridgehead atoms. The number of alkyl halides is 2. The molecule has 2 fully saturated rings. The highest BCUT2D eigenvalue weighted by Gasteiger charge is 2.60. The maximum atomic E-state index is 15.6. The molecule has 0 unspecified atom stereocenters. The van der Waals surface area contributed by atoms with Crippen LogP contribution in [0.4, 0.5) is 13.2 Å². The number of hydrogen-bond acceptors (Lipinski definition) is 4. The summed E-state index contributed by atoms with van der Waals surface area (Å²) in [6.07, 6.45) is 0.892. The van der Waals surface area contributed by atoms with Crippen molar-refractivity contribution in [1.29, 1.82) is 0 Å². The smallest absolute Gasteiger partial charge is 0.283 e.